The Bertz CT molecular complexity index is 468. The van der Waals surface area contributed by atoms with Crippen LogP contribution in [0.2, 0.25) is 0 Å². The molecule has 0 aromatic carbocycles. The van der Waals surface area contributed by atoms with Crippen molar-refractivity contribution in [3.8, 4) is 0 Å². The molecular formula is C13H19N3O3. The zero-order valence-electron chi connectivity index (χ0n) is 11.4. The highest BCUT2D eigenvalue weighted by Gasteiger charge is 2.26. The van der Waals surface area contributed by atoms with Crippen LogP contribution in [0, 0.1) is 0 Å². The summed E-state index contributed by atoms with van der Waals surface area (Å²) in [5.74, 6) is -0.102. The monoisotopic (exact) mass is 265 g/mol. The van der Waals surface area contributed by atoms with Crippen molar-refractivity contribution in [1.29, 1.82) is 0 Å². The summed E-state index contributed by atoms with van der Waals surface area (Å²) in [6.07, 6.45) is 1.82. The molecule has 0 aliphatic carbocycles. The average Bonchev–Trinajstić information content (AvgIpc) is 2.36. The molecule has 1 fully saturated rings. The normalized spacial score (nSPS) is 23.2. The molecule has 6 nitrogen and oxygen atoms in total. The molecule has 0 radical (unpaired) electrons. The lowest BCUT2D eigenvalue weighted by molar-refractivity contribution is -0.00534. The fraction of sp³-hybridized carbons (Fsp3) is 0.538. The molecule has 2 rings (SSSR count). The minimum Gasteiger partial charge on any atom is -0.465 e. The molecular weight excluding hydrogens is 246 g/mol. The Kier molecular flexibility index (Phi) is 3.90. The SMILES string of the molecule is COC(=O)c1cc(N)ncc1N1C[C@@H](C)O[C@@H](C)C1. The molecule has 0 bridgehead atoms. The summed E-state index contributed by atoms with van der Waals surface area (Å²) in [5.41, 5.74) is 6.82. The van der Waals surface area contributed by atoms with Crippen molar-refractivity contribution in [2.24, 2.45) is 0 Å². The van der Waals surface area contributed by atoms with Crippen LogP contribution >= 0.6 is 0 Å². The van der Waals surface area contributed by atoms with Crippen LogP contribution in [0.15, 0.2) is 12.3 Å². The molecule has 1 aliphatic heterocycles. The molecule has 1 aromatic heterocycles. The number of aromatic nitrogens is 1. The van der Waals surface area contributed by atoms with Gasteiger partial charge in [-0.1, -0.05) is 0 Å². The number of morpholine rings is 1. The van der Waals surface area contributed by atoms with Gasteiger partial charge in [0.2, 0.25) is 0 Å². The van der Waals surface area contributed by atoms with E-state index in [-0.39, 0.29) is 12.2 Å². The van der Waals surface area contributed by atoms with Gasteiger partial charge in [0.25, 0.3) is 0 Å². The van der Waals surface area contributed by atoms with Crippen LogP contribution in [-0.2, 0) is 9.47 Å². The van der Waals surface area contributed by atoms with E-state index in [0.717, 1.165) is 5.69 Å². The number of nitrogens with two attached hydrogens (primary N) is 1. The van der Waals surface area contributed by atoms with Gasteiger partial charge in [-0.15, -0.1) is 0 Å². The third kappa shape index (κ3) is 2.96. The van der Waals surface area contributed by atoms with E-state index < -0.39 is 5.97 Å². The zero-order chi connectivity index (χ0) is 14.0. The standard InChI is InChI=1S/C13H19N3O3/c1-8-6-16(7-9(2)19-8)11-5-15-12(14)4-10(11)13(17)18-3/h4-5,8-9H,6-7H2,1-3H3,(H2,14,15)/t8-,9+. The highest BCUT2D eigenvalue weighted by molar-refractivity contribution is 5.96. The predicted octanol–water partition coefficient (Wildman–Crippen LogP) is 1.06. The van der Waals surface area contributed by atoms with Crippen LogP contribution in [0.3, 0.4) is 0 Å². The summed E-state index contributed by atoms with van der Waals surface area (Å²) >= 11 is 0. The number of esters is 1. The number of rotatable bonds is 2. The highest BCUT2D eigenvalue weighted by Crippen LogP contribution is 2.25. The third-order valence-corrected chi connectivity index (χ3v) is 3.07. The van der Waals surface area contributed by atoms with Crippen molar-refractivity contribution < 1.29 is 14.3 Å². The first kappa shape index (κ1) is 13.6. The predicted molar refractivity (Wildman–Crippen MR) is 72.2 cm³/mol. The van der Waals surface area contributed by atoms with Gasteiger partial charge < -0.3 is 20.1 Å². The van der Waals surface area contributed by atoms with Crippen molar-refractivity contribution in [1.82, 2.24) is 4.98 Å². The number of carbonyl (C=O) groups excluding carboxylic acids is 1. The maximum atomic E-state index is 11.8. The molecule has 6 heteroatoms. The fourth-order valence-electron chi connectivity index (χ4n) is 2.36. The molecule has 19 heavy (non-hydrogen) atoms. The van der Waals surface area contributed by atoms with E-state index in [0.29, 0.717) is 24.5 Å². The van der Waals surface area contributed by atoms with Crippen LogP contribution in [0.5, 0.6) is 0 Å². The Hall–Kier alpha value is -1.82. The molecule has 1 aromatic rings. The van der Waals surface area contributed by atoms with Gasteiger partial charge in [-0.2, -0.15) is 0 Å². The number of nitrogen functional groups attached to an aromatic ring is 1. The van der Waals surface area contributed by atoms with Crippen molar-refractivity contribution >= 4 is 17.5 Å². The van der Waals surface area contributed by atoms with Gasteiger partial charge in [-0.3, -0.25) is 0 Å². The van der Waals surface area contributed by atoms with Crippen LogP contribution in [-0.4, -0.2) is 43.4 Å². The fourth-order valence-corrected chi connectivity index (χ4v) is 2.36. The van der Waals surface area contributed by atoms with Crippen molar-refractivity contribution in [2.75, 3.05) is 30.8 Å². The molecule has 1 aliphatic rings. The minimum absolute atomic E-state index is 0.104. The lowest BCUT2D eigenvalue weighted by atomic mass is 10.1. The number of anilines is 2. The number of ether oxygens (including phenoxy) is 2. The Morgan fingerprint density at radius 1 is 1.47 bits per heavy atom. The summed E-state index contributed by atoms with van der Waals surface area (Å²) in [4.78, 5) is 18.0. The largest absolute Gasteiger partial charge is 0.465 e. The summed E-state index contributed by atoms with van der Waals surface area (Å²) in [5, 5.41) is 0. The third-order valence-electron chi connectivity index (χ3n) is 3.07. The van der Waals surface area contributed by atoms with E-state index in [1.165, 1.54) is 7.11 Å². The number of methoxy groups -OCH3 is 1. The van der Waals surface area contributed by atoms with E-state index in [9.17, 15) is 4.79 Å². The second kappa shape index (κ2) is 5.44. The summed E-state index contributed by atoms with van der Waals surface area (Å²) in [7, 11) is 1.35. The highest BCUT2D eigenvalue weighted by atomic mass is 16.5. The second-order valence-corrected chi connectivity index (χ2v) is 4.78. The first-order valence-electron chi connectivity index (χ1n) is 6.25. The van der Waals surface area contributed by atoms with Gasteiger partial charge in [-0.25, -0.2) is 9.78 Å². The molecule has 0 amide bonds. The molecule has 0 spiro atoms. The molecule has 104 valence electrons. The Morgan fingerprint density at radius 3 is 2.68 bits per heavy atom. The topological polar surface area (TPSA) is 77.7 Å². The van der Waals surface area contributed by atoms with Gasteiger partial charge in [0.05, 0.1) is 36.8 Å². The van der Waals surface area contributed by atoms with E-state index in [4.69, 9.17) is 15.2 Å². The van der Waals surface area contributed by atoms with Gasteiger partial charge >= 0.3 is 5.97 Å². The van der Waals surface area contributed by atoms with Crippen LogP contribution < -0.4 is 10.6 Å². The van der Waals surface area contributed by atoms with Gasteiger partial charge in [-0.05, 0) is 19.9 Å². The van der Waals surface area contributed by atoms with Gasteiger partial charge in [0.1, 0.15) is 5.82 Å². The van der Waals surface area contributed by atoms with E-state index >= 15 is 0 Å². The number of carbonyl (C=O) groups is 1. The summed E-state index contributed by atoms with van der Waals surface area (Å²) in [6.45, 7) is 5.43. The molecule has 2 N–H and O–H groups in total. The molecule has 0 saturated carbocycles. The molecule has 2 atom stereocenters. The summed E-state index contributed by atoms with van der Waals surface area (Å²) < 4.78 is 10.5. The quantitative estimate of drug-likeness (QED) is 0.806. The Labute approximate surface area is 112 Å². The van der Waals surface area contributed by atoms with E-state index in [1.54, 1.807) is 12.3 Å². The Balaban J connectivity index is 2.35. The lowest BCUT2D eigenvalue weighted by Crippen LogP contribution is -2.46. The smallest absolute Gasteiger partial charge is 0.340 e. The number of hydrogen-bond donors (Lipinski definition) is 1. The molecule has 0 unspecified atom stereocenters. The lowest BCUT2D eigenvalue weighted by Gasteiger charge is -2.37. The van der Waals surface area contributed by atoms with Crippen molar-refractivity contribution in [3.63, 3.8) is 0 Å². The van der Waals surface area contributed by atoms with Gasteiger partial charge in [0.15, 0.2) is 0 Å². The maximum Gasteiger partial charge on any atom is 0.340 e. The molecule has 1 saturated heterocycles. The number of hydrogen-bond acceptors (Lipinski definition) is 6. The van der Waals surface area contributed by atoms with Crippen LogP contribution in [0.4, 0.5) is 11.5 Å². The van der Waals surface area contributed by atoms with Crippen LogP contribution in [0.1, 0.15) is 24.2 Å². The second-order valence-electron chi connectivity index (χ2n) is 4.78. The Morgan fingerprint density at radius 2 is 2.11 bits per heavy atom. The van der Waals surface area contributed by atoms with E-state index in [2.05, 4.69) is 9.88 Å². The van der Waals surface area contributed by atoms with Crippen molar-refractivity contribution in [2.45, 2.75) is 26.1 Å². The first-order valence-corrected chi connectivity index (χ1v) is 6.25. The minimum atomic E-state index is -0.407. The number of pyridine rings is 1. The zero-order valence-corrected chi connectivity index (χ0v) is 11.4. The van der Waals surface area contributed by atoms with Crippen LogP contribution in [0.25, 0.3) is 0 Å². The number of nitrogens with zero attached hydrogens (tertiary/aromatic N) is 2. The average molecular weight is 265 g/mol. The van der Waals surface area contributed by atoms with Gasteiger partial charge in [0, 0.05) is 13.1 Å². The maximum absolute atomic E-state index is 11.8. The van der Waals surface area contributed by atoms with E-state index in [1.807, 2.05) is 13.8 Å². The molecule has 2 heterocycles. The summed E-state index contributed by atoms with van der Waals surface area (Å²) in [6, 6.07) is 1.55. The van der Waals surface area contributed by atoms with Crippen molar-refractivity contribution in [3.05, 3.63) is 17.8 Å². The first-order chi connectivity index (χ1) is 9.01.